The van der Waals surface area contributed by atoms with Crippen LogP contribution in [0.2, 0.25) is 0 Å². The van der Waals surface area contributed by atoms with Gasteiger partial charge >= 0.3 is 6.01 Å². The standard InChI is InChI=1S/C25H21N5O2/c31-24-23(28-25-30-29-21(32-25)16-15-17-9-3-1-4-10-17)27-22(18-11-5-2-6-12-18)19-13-7-8-14-20(19)26-24/h1-14,23H,15-16H2,(H,26,31)(H,28,30). The second kappa shape index (κ2) is 8.85. The predicted molar refractivity (Wildman–Crippen MR) is 123 cm³/mol. The van der Waals surface area contributed by atoms with Gasteiger partial charge in [0.2, 0.25) is 12.1 Å². The van der Waals surface area contributed by atoms with Crippen LogP contribution in [0.25, 0.3) is 0 Å². The van der Waals surface area contributed by atoms with Crippen molar-refractivity contribution in [3.8, 4) is 0 Å². The van der Waals surface area contributed by atoms with Crippen LogP contribution in [0.5, 0.6) is 0 Å². The van der Waals surface area contributed by atoms with Crippen molar-refractivity contribution in [1.82, 2.24) is 10.2 Å². The molecule has 2 N–H and O–H groups in total. The molecule has 1 unspecified atom stereocenters. The molecule has 1 atom stereocenters. The van der Waals surface area contributed by atoms with E-state index < -0.39 is 6.17 Å². The van der Waals surface area contributed by atoms with Crippen molar-refractivity contribution >= 4 is 23.3 Å². The second-order valence-corrected chi connectivity index (χ2v) is 7.41. The maximum Gasteiger partial charge on any atom is 0.317 e. The topological polar surface area (TPSA) is 92.4 Å². The summed E-state index contributed by atoms with van der Waals surface area (Å²) in [6.07, 6.45) is 0.484. The zero-order valence-electron chi connectivity index (χ0n) is 17.2. The van der Waals surface area contributed by atoms with Crippen molar-refractivity contribution in [2.45, 2.75) is 19.0 Å². The van der Waals surface area contributed by atoms with E-state index in [9.17, 15) is 4.79 Å². The first kappa shape index (κ1) is 19.7. The zero-order valence-corrected chi connectivity index (χ0v) is 17.2. The fraction of sp³-hybridized carbons (Fsp3) is 0.120. The van der Waals surface area contributed by atoms with E-state index in [0.29, 0.717) is 23.7 Å². The minimum atomic E-state index is -0.917. The molecular weight excluding hydrogens is 402 g/mol. The lowest BCUT2D eigenvalue weighted by Gasteiger charge is -2.11. The van der Waals surface area contributed by atoms with Gasteiger partial charge in [0.25, 0.3) is 5.91 Å². The highest BCUT2D eigenvalue weighted by atomic mass is 16.4. The summed E-state index contributed by atoms with van der Waals surface area (Å²) in [7, 11) is 0. The SMILES string of the molecule is O=C1Nc2ccccc2C(c2ccccc2)=NC1Nc1nnc(CCc2ccccc2)o1. The molecule has 7 heteroatoms. The number of rotatable bonds is 6. The van der Waals surface area contributed by atoms with Gasteiger partial charge in [-0.05, 0) is 18.1 Å². The Balaban J connectivity index is 1.39. The number of carbonyl (C=O) groups is 1. The van der Waals surface area contributed by atoms with Crippen LogP contribution >= 0.6 is 0 Å². The van der Waals surface area contributed by atoms with Gasteiger partial charge in [0.05, 0.1) is 11.4 Å². The van der Waals surface area contributed by atoms with Crippen molar-refractivity contribution < 1.29 is 9.21 Å². The van der Waals surface area contributed by atoms with Gasteiger partial charge in [-0.15, -0.1) is 5.10 Å². The van der Waals surface area contributed by atoms with Gasteiger partial charge in [0.15, 0.2) is 0 Å². The third-order valence-electron chi connectivity index (χ3n) is 5.19. The molecule has 7 nitrogen and oxygen atoms in total. The van der Waals surface area contributed by atoms with Crippen molar-refractivity contribution in [2.24, 2.45) is 4.99 Å². The van der Waals surface area contributed by atoms with E-state index in [1.54, 1.807) is 0 Å². The quantitative estimate of drug-likeness (QED) is 0.487. The molecular formula is C25H21N5O2. The van der Waals surface area contributed by atoms with Crippen LogP contribution in [0.3, 0.4) is 0 Å². The van der Waals surface area contributed by atoms with Crippen LogP contribution in [0, 0.1) is 0 Å². The minimum absolute atomic E-state index is 0.162. The van der Waals surface area contributed by atoms with Gasteiger partial charge in [0, 0.05) is 17.5 Å². The van der Waals surface area contributed by atoms with Gasteiger partial charge in [-0.25, -0.2) is 4.99 Å². The number of carbonyl (C=O) groups excluding carboxylic acids is 1. The fourth-order valence-corrected chi connectivity index (χ4v) is 3.61. The molecule has 1 amide bonds. The van der Waals surface area contributed by atoms with Crippen LogP contribution in [-0.4, -0.2) is 28.0 Å². The Bertz CT molecular complexity index is 1250. The Morgan fingerprint density at radius 3 is 2.38 bits per heavy atom. The van der Waals surface area contributed by atoms with Gasteiger partial charge in [-0.1, -0.05) is 84.0 Å². The Kier molecular flexibility index (Phi) is 5.45. The van der Waals surface area contributed by atoms with Crippen molar-refractivity contribution in [2.75, 3.05) is 10.6 Å². The number of hydrogen-bond acceptors (Lipinski definition) is 6. The molecule has 0 spiro atoms. The molecule has 0 saturated carbocycles. The van der Waals surface area contributed by atoms with E-state index >= 15 is 0 Å². The molecule has 4 aromatic rings. The monoisotopic (exact) mass is 423 g/mol. The Hall–Kier alpha value is -4.26. The molecule has 1 aliphatic heterocycles. The number of para-hydroxylation sites is 1. The molecule has 0 fully saturated rings. The van der Waals surface area contributed by atoms with E-state index in [4.69, 9.17) is 9.41 Å². The highest BCUT2D eigenvalue weighted by Gasteiger charge is 2.27. The van der Waals surface area contributed by atoms with Gasteiger partial charge in [-0.2, -0.15) is 0 Å². The molecule has 2 heterocycles. The third kappa shape index (κ3) is 4.27. The summed E-state index contributed by atoms with van der Waals surface area (Å²) in [5.41, 5.74) is 4.38. The molecule has 0 saturated heterocycles. The number of fused-ring (bicyclic) bond motifs is 1. The maximum absolute atomic E-state index is 12.9. The lowest BCUT2D eigenvalue weighted by molar-refractivity contribution is -0.116. The molecule has 158 valence electrons. The van der Waals surface area contributed by atoms with Crippen molar-refractivity contribution in [3.05, 3.63) is 108 Å². The number of nitrogens with zero attached hydrogens (tertiary/aromatic N) is 3. The minimum Gasteiger partial charge on any atom is -0.408 e. The summed E-state index contributed by atoms with van der Waals surface area (Å²) >= 11 is 0. The zero-order chi connectivity index (χ0) is 21.8. The first-order valence-corrected chi connectivity index (χ1v) is 10.4. The van der Waals surface area contributed by atoms with Crippen molar-refractivity contribution in [1.29, 1.82) is 0 Å². The highest BCUT2D eigenvalue weighted by molar-refractivity contribution is 6.19. The van der Waals surface area contributed by atoms with Crippen LogP contribution in [0.1, 0.15) is 22.6 Å². The molecule has 5 rings (SSSR count). The Morgan fingerprint density at radius 2 is 1.56 bits per heavy atom. The van der Waals surface area contributed by atoms with Crippen LogP contribution in [0.4, 0.5) is 11.7 Å². The first-order chi connectivity index (χ1) is 15.8. The van der Waals surface area contributed by atoms with Gasteiger partial charge in [0.1, 0.15) is 0 Å². The molecule has 1 aliphatic rings. The van der Waals surface area contributed by atoms with Gasteiger partial charge < -0.3 is 15.1 Å². The molecule has 0 aliphatic carbocycles. The number of hydrogen-bond donors (Lipinski definition) is 2. The van der Waals surface area contributed by atoms with E-state index in [1.165, 1.54) is 5.56 Å². The number of aryl methyl sites for hydroxylation is 2. The molecule has 3 aromatic carbocycles. The fourth-order valence-electron chi connectivity index (χ4n) is 3.61. The van der Waals surface area contributed by atoms with Gasteiger partial charge in [-0.3, -0.25) is 4.79 Å². The van der Waals surface area contributed by atoms with E-state index in [-0.39, 0.29) is 11.9 Å². The maximum atomic E-state index is 12.9. The summed E-state index contributed by atoms with van der Waals surface area (Å²) in [4.78, 5) is 17.6. The average Bonchev–Trinajstić information content (AvgIpc) is 3.24. The molecule has 0 bridgehead atoms. The third-order valence-corrected chi connectivity index (χ3v) is 5.19. The summed E-state index contributed by atoms with van der Waals surface area (Å²) in [6.45, 7) is 0. The Labute approximate surface area is 185 Å². The molecule has 32 heavy (non-hydrogen) atoms. The lowest BCUT2D eigenvalue weighted by Crippen LogP contribution is -2.32. The molecule has 1 aromatic heterocycles. The van der Waals surface area contributed by atoms with Crippen LogP contribution in [-0.2, 0) is 17.6 Å². The van der Waals surface area contributed by atoms with E-state index in [0.717, 1.165) is 17.5 Å². The lowest BCUT2D eigenvalue weighted by atomic mass is 10.0. The van der Waals surface area contributed by atoms with E-state index in [2.05, 4.69) is 33.0 Å². The first-order valence-electron chi connectivity index (χ1n) is 10.4. The van der Waals surface area contributed by atoms with E-state index in [1.807, 2.05) is 72.8 Å². The smallest absolute Gasteiger partial charge is 0.317 e. The number of aromatic nitrogens is 2. The number of anilines is 2. The summed E-state index contributed by atoms with van der Waals surface area (Å²) in [5.74, 6) is 0.202. The molecule has 0 radical (unpaired) electrons. The summed E-state index contributed by atoms with van der Waals surface area (Å²) in [6, 6.07) is 27.7. The van der Waals surface area contributed by atoms with Crippen LogP contribution < -0.4 is 10.6 Å². The van der Waals surface area contributed by atoms with Crippen LogP contribution in [0.15, 0.2) is 94.3 Å². The second-order valence-electron chi connectivity index (χ2n) is 7.41. The van der Waals surface area contributed by atoms with Crippen molar-refractivity contribution in [3.63, 3.8) is 0 Å². The normalized spacial score (nSPS) is 15.3. The summed E-state index contributed by atoms with van der Waals surface area (Å²) in [5, 5.41) is 14.1. The highest BCUT2D eigenvalue weighted by Crippen LogP contribution is 2.24. The number of amides is 1. The average molecular weight is 423 g/mol. The number of aliphatic imine (C=N–C) groups is 1. The Morgan fingerprint density at radius 1 is 0.844 bits per heavy atom. The number of benzene rings is 3. The largest absolute Gasteiger partial charge is 0.408 e. The predicted octanol–water partition coefficient (Wildman–Crippen LogP) is 4.08. The number of benzodiazepines with no additional fused rings is 1. The summed E-state index contributed by atoms with van der Waals surface area (Å²) < 4.78 is 5.73. The number of nitrogens with one attached hydrogen (secondary N) is 2.